The molecule has 2 aromatic carbocycles. The topological polar surface area (TPSA) is 61.7 Å². The number of carbonyl (C=O) groups excluding carboxylic acids is 1. The number of amides is 1. The summed E-state index contributed by atoms with van der Waals surface area (Å²) in [5.74, 6) is -0.652. The van der Waals surface area contributed by atoms with Crippen molar-refractivity contribution >= 4 is 35.3 Å². The highest BCUT2D eigenvalue weighted by atomic mass is 35.5. The Hall–Kier alpha value is -1.88. The molecule has 0 radical (unpaired) electrons. The summed E-state index contributed by atoms with van der Waals surface area (Å²) in [5.41, 5.74) is 2.13. The van der Waals surface area contributed by atoms with Crippen LogP contribution < -0.4 is 5.43 Å². The number of rotatable bonds is 5. The summed E-state index contributed by atoms with van der Waals surface area (Å²) >= 11 is 11.9. The van der Waals surface area contributed by atoms with Gasteiger partial charge in [0.05, 0.1) is 6.21 Å². The van der Waals surface area contributed by atoms with Gasteiger partial charge in [0.15, 0.2) is 5.60 Å². The number of aliphatic hydroxyl groups is 1. The Balaban J connectivity index is 1.81. The fourth-order valence-electron chi connectivity index (χ4n) is 3.49. The van der Waals surface area contributed by atoms with E-state index in [-0.39, 0.29) is 5.92 Å². The largest absolute Gasteiger partial charge is 0.375 e. The van der Waals surface area contributed by atoms with Crippen LogP contribution in [-0.2, 0) is 10.4 Å². The van der Waals surface area contributed by atoms with E-state index >= 15 is 0 Å². The third kappa shape index (κ3) is 4.09. The molecule has 1 saturated carbocycles. The summed E-state index contributed by atoms with van der Waals surface area (Å²) in [5, 5.41) is 16.3. The molecule has 0 heterocycles. The standard InChI is InChI=1S/C20H20Cl2N2O2/c21-17-10-14(11-18(22)12-17)13-23-24-19(25)20(26,16-8-4-5-9-16)15-6-2-1-3-7-15/h1-3,6-7,10-13,16,26H,4-5,8-9H2,(H,24,25). The van der Waals surface area contributed by atoms with Crippen LogP contribution in [-0.4, -0.2) is 17.2 Å². The average molecular weight is 391 g/mol. The maximum Gasteiger partial charge on any atom is 0.276 e. The van der Waals surface area contributed by atoms with Gasteiger partial charge in [-0.25, -0.2) is 5.43 Å². The molecule has 1 atom stereocenters. The molecule has 0 spiro atoms. The highest BCUT2D eigenvalue weighted by molar-refractivity contribution is 6.35. The van der Waals surface area contributed by atoms with Crippen LogP contribution in [0.1, 0.15) is 36.8 Å². The molecule has 0 saturated heterocycles. The fourth-order valence-corrected chi connectivity index (χ4v) is 4.03. The van der Waals surface area contributed by atoms with Crippen molar-refractivity contribution in [3.05, 3.63) is 69.7 Å². The van der Waals surface area contributed by atoms with Gasteiger partial charge in [-0.15, -0.1) is 0 Å². The molecular formula is C20H20Cl2N2O2. The van der Waals surface area contributed by atoms with Gasteiger partial charge in [-0.3, -0.25) is 4.79 Å². The van der Waals surface area contributed by atoms with E-state index in [2.05, 4.69) is 10.5 Å². The summed E-state index contributed by atoms with van der Waals surface area (Å²) in [7, 11) is 0. The quantitative estimate of drug-likeness (QED) is 0.582. The Morgan fingerprint density at radius 1 is 1.12 bits per heavy atom. The molecule has 1 amide bonds. The number of hydrogen-bond acceptors (Lipinski definition) is 3. The number of halogens is 2. The van der Waals surface area contributed by atoms with Crippen LogP contribution in [0.15, 0.2) is 53.6 Å². The Bertz CT molecular complexity index is 784. The van der Waals surface area contributed by atoms with Crippen LogP contribution in [0.2, 0.25) is 10.0 Å². The zero-order chi connectivity index (χ0) is 18.6. The van der Waals surface area contributed by atoms with E-state index in [1.54, 1.807) is 30.3 Å². The maximum absolute atomic E-state index is 12.8. The molecule has 1 unspecified atom stereocenters. The van der Waals surface area contributed by atoms with Crippen LogP contribution in [0, 0.1) is 5.92 Å². The minimum atomic E-state index is -1.60. The fraction of sp³-hybridized carbons (Fsp3) is 0.300. The first-order chi connectivity index (χ1) is 12.5. The predicted molar refractivity (Wildman–Crippen MR) is 104 cm³/mol. The number of carbonyl (C=O) groups is 1. The second-order valence-electron chi connectivity index (χ2n) is 6.52. The number of benzene rings is 2. The van der Waals surface area contributed by atoms with Gasteiger partial charge >= 0.3 is 0 Å². The van der Waals surface area contributed by atoms with Crippen molar-refractivity contribution in [1.82, 2.24) is 5.43 Å². The molecule has 4 nitrogen and oxygen atoms in total. The van der Waals surface area contributed by atoms with Gasteiger partial charge < -0.3 is 5.11 Å². The molecule has 0 bridgehead atoms. The zero-order valence-corrected chi connectivity index (χ0v) is 15.7. The Morgan fingerprint density at radius 2 is 1.73 bits per heavy atom. The van der Waals surface area contributed by atoms with Crippen molar-refractivity contribution in [3.63, 3.8) is 0 Å². The minimum absolute atomic E-state index is 0.124. The molecule has 2 aromatic rings. The highest BCUT2D eigenvalue weighted by Crippen LogP contribution is 2.40. The highest BCUT2D eigenvalue weighted by Gasteiger charge is 2.46. The van der Waals surface area contributed by atoms with Gasteiger partial charge in [0.25, 0.3) is 5.91 Å². The molecule has 0 aromatic heterocycles. The Kier molecular flexibility index (Phi) is 5.97. The first-order valence-corrected chi connectivity index (χ1v) is 9.33. The first kappa shape index (κ1) is 18.9. The summed E-state index contributed by atoms with van der Waals surface area (Å²) < 4.78 is 0. The number of hydrogen-bond donors (Lipinski definition) is 2. The molecule has 2 N–H and O–H groups in total. The molecule has 3 rings (SSSR count). The molecule has 26 heavy (non-hydrogen) atoms. The average Bonchev–Trinajstić information content (AvgIpc) is 3.16. The van der Waals surface area contributed by atoms with E-state index in [1.165, 1.54) is 6.21 Å². The Labute approximate surface area is 162 Å². The van der Waals surface area contributed by atoms with Crippen molar-refractivity contribution in [1.29, 1.82) is 0 Å². The predicted octanol–water partition coefficient (Wildman–Crippen LogP) is 4.52. The van der Waals surface area contributed by atoms with E-state index in [1.807, 2.05) is 18.2 Å². The molecule has 0 aliphatic heterocycles. The lowest BCUT2D eigenvalue weighted by molar-refractivity contribution is -0.147. The molecule has 1 fully saturated rings. The number of nitrogens with one attached hydrogen (secondary N) is 1. The van der Waals surface area contributed by atoms with Crippen molar-refractivity contribution in [2.75, 3.05) is 0 Å². The van der Waals surface area contributed by atoms with Gasteiger partial charge in [-0.1, -0.05) is 66.4 Å². The van der Waals surface area contributed by atoms with E-state index in [0.29, 0.717) is 21.2 Å². The molecule has 1 aliphatic rings. The van der Waals surface area contributed by atoms with Crippen LogP contribution >= 0.6 is 23.2 Å². The molecular weight excluding hydrogens is 371 g/mol. The normalized spacial score (nSPS) is 17.3. The number of nitrogens with zero attached hydrogens (tertiary/aromatic N) is 1. The lowest BCUT2D eigenvalue weighted by Crippen LogP contribution is -2.47. The maximum atomic E-state index is 12.8. The van der Waals surface area contributed by atoms with E-state index in [9.17, 15) is 9.90 Å². The van der Waals surface area contributed by atoms with Crippen molar-refractivity contribution in [2.45, 2.75) is 31.3 Å². The van der Waals surface area contributed by atoms with Crippen molar-refractivity contribution < 1.29 is 9.90 Å². The third-order valence-electron chi connectivity index (χ3n) is 4.77. The summed E-state index contributed by atoms with van der Waals surface area (Å²) in [6, 6.07) is 14.0. The van der Waals surface area contributed by atoms with Gasteiger partial charge in [0.1, 0.15) is 0 Å². The zero-order valence-electron chi connectivity index (χ0n) is 14.2. The lowest BCUT2D eigenvalue weighted by Gasteiger charge is -2.32. The van der Waals surface area contributed by atoms with Crippen LogP contribution in [0.4, 0.5) is 0 Å². The van der Waals surface area contributed by atoms with E-state index in [4.69, 9.17) is 23.2 Å². The summed E-state index contributed by atoms with van der Waals surface area (Å²) in [6.07, 6.45) is 5.10. The van der Waals surface area contributed by atoms with Gasteiger partial charge in [0, 0.05) is 16.0 Å². The smallest absolute Gasteiger partial charge is 0.276 e. The Morgan fingerprint density at radius 3 is 2.35 bits per heavy atom. The van der Waals surface area contributed by atoms with E-state index < -0.39 is 11.5 Å². The van der Waals surface area contributed by atoms with Gasteiger partial charge in [0.2, 0.25) is 0 Å². The van der Waals surface area contributed by atoms with Crippen LogP contribution in [0.25, 0.3) is 0 Å². The lowest BCUT2D eigenvalue weighted by atomic mass is 9.79. The summed E-state index contributed by atoms with van der Waals surface area (Å²) in [6.45, 7) is 0. The van der Waals surface area contributed by atoms with Crippen LogP contribution in [0.3, 0.4) is 0 Å². The van der Waals surface area contributed by atoms with Gasteiger partial charge in [-0.2, -0.15) is 5.10 Å². The minimum Gasteiger partial charge on any atom is -0.375 e. The molecule has 1 aliphatic carbocycles. The second-order valence-corrected chi connectivity index (χ2v) is 7.39. The number of hydrazone groups is 1. The summed E-state index contributed by atoms with van der Waals surface area (Å²) in [4.78, 5) is 12.8. The molecule has 136 valence electrons. The second kappa shape index (κ2) is 8.21. The van der Waals surface area contributed by atoms with Gasteiger partial charge in [-0.05, 0) is 42.2 Å². The SMILES string of the molecule is O=C(NN=Cc1cc(Cl)cc(Cl)c1)C(O)(c1ccccc1)C1CCCC1. The molecule has 6 heteroatoms. The first-order valence-electron chi connectivity index (χ1n) is 8.57. The van der Waals surface area contributed by atoms with Crippen molar-refractivity contribution in [3.8, 4) is 0 Å². The van der Waals surface area contributed by atoms with Crippen molar-refractivity contribution in [2.24, 2.45) is 11.0 Å². The monoisotopic (exact) mass is 390 g/mol. The third-order valence-corrected chi connectivity index (χ3v) is 5.21. The van der Waals surface area contributed by atoms with E-state index in [0.717, 1.165) is 25.7 Å². The van der Waals surface area contributed by atoms with Crippen LogP contribution in [0.5, 0.6) is 0 Å².